The number of benzene rings is 1. The van der Waals surface area contributed by atoms with Gasteiger partial charge in [-0.15, -0.1) is 0 Å². The topological polar surface area (TPSA) is 75.7 Å². The van der Waals surface area contributed by atoms with Gasteiger partial charge in [0.2, 0.25) is 0 Å². The van der Waals surface area contributed by atoms with Gasteiger partial charge in [-0.3, -0.25) is 9.69 Å². The van der Waals surface area contributed by atoms with Crippen LogP contribution in [0.1, 0.15) is 65.8 Å². The molecular weight excluding hydrogens is 376 g/mol. The molecule has 2 atom stereocenters. The van der Waals surface area contributed by atoms with E-state index in [2.05, 4.69) is 17.1 Å². The van der Waals surface area contributed by atoms with E-state index >= 15 is 0 Å². The highest BCUT2D eigenvalue weighted by Gasteiger charge is 2.36. The van der Waals surface area contributed by atoms with Crippen LogP contribution in [0.15, 0.2) is 12.1 Å². The number of aryl methyl sites for hydroxylation is 1. The Hall–Kier alpha value is -1.60. The highest BCUT2D eigenvalue weighted by molar-refractivity contribution is 7.72. The van der Waals surface area contributed by atoms with Gasteiger partial charge in [0.05, 0.1) is 17.4 Å². The molecule has 3 aliphatic rings. The molecule has 1 aromatic carbocycles. The van der Waals surface area contributed by atoms with E-state index in [9.17, 15) is 13.2 Å². The molecule has 1 aliphatic carbocycles. The van der Waals surface area contributed by atoms with E-state index < -0.39 is 16.0 Å². The van der Waals surface area contributed by atoms with Crippen LogP contribution in [-0.2, 0) is 17.1 Å². The van der Waals surface area contributed by atoms with Crippen LogP contribution in [0, 0.1) is 5.92 Å². The highest BCUT2D eigenvalue weighted by Crippen LogP contribution is 2.45. The fraction of sp³-hybridized carbons (Fsp3) is 0.667. The van der Waals surface area contributed by atoms with E-state index in [0.717, 1.165) is 56.3 Å². The quantitative estimate of drug-likeness (QED) is 0.680. The zero-order valence-electron chi connectivity index (χ0n) is 16.5. The molecule has 1 aromatic rings. The van der Waals surface area contributed by atoms with Gasteiger partial charge >= 0.3 is 0 Å². The van der Waals surface area contributed by atoms with Gasteiger partial charge in [0.25, 0.3) is 5.91 Å². The SMILES string of the molecule is CCN1CCCC1CNC(=O)c1cc(C(C2CC2)[SH](=O)=O)cc2c1OCCC2. The van der Waals surface area contributed by atoms with Crippen molar-refractivity contribution in [1.82, 2.24) is 10.2 Å². The van der Waals surface area contributed by atoms with Crippen molar-refractivity contribution >= 4 is 16.6 Å². The van der Waals surface area contributed by atoms with Crippen LogP contribution in [0.3, 0.4) is 0 Å². The van der Waals surface area contributed by atoms with Crippen molar-refractivity contribution < 1.29 is 17.9 Å². The molecule has 2 aliphatic heterocycles. The first-order valence-electron chi connectivity index (χ1n) is 10.5. The Kier molecular flexibility index (Phi) is 5.92. The van der Waals surface area contributed by atoms with Gasteiger partial charge < -0.3 is 10.1 Å². The summed E-state index contributed by atoms with van der Waals surface area (Å²) in [7, 11) is -2.56. The van der Waals surface area contributed by atoms with Crippen molar-refractivity contribution in [3.63, 3.8) is 0 Å². The third kappa shape index (κ3) is 4.06. The molecule has 0 aromatic heterocycles. The standard InChI is InChI=1S/C21H30N2O4S/c1-2-23-9-3-6-17(23)13-22-21(24)18-12-16(20(28(25)26)14-7-8-14)11-15-5-4-10-27-19(15)18/h11-12,14,17,20,28H,2-10,13H2,1H3,(H,22,24). The lowest BCUT2D eigenvalue weighted by atomic mass is 9.95. The van der Waals surface area contributed by atoms with Crippen LogP contribution in [0.25, 0.3) is 0 Å². The number of likely N-dealkylation sites (tertiary alicyclic amines) is 1. The summed E-state index contributed by atoms with van der Waals surface area (Å²) >= 11 is 0. The molecular formula is C21H30N2O4S. The number of likely N-dealkylation sites (N-methyl/N-ethyl adjacent to an activating group) is 1. The maximum atomic E-state index is 13.0. The molecule has 1 saturated carbocycles. The van der Waals surface area contributed by atoms with E-state index in [1.165, 1.54) is 6.42 Å². The second kappa shape index (κ2) is 8.41. The monoisotopic (exact) mass is 406 g/mol. The number of amides is 1. The van der Waals surface area contributed by atoms with Crippen molar-refractivity contribution in [2.24, 2.45) is 5.92 Å². The summed E-state index contributed by atoms with van der Waals surface area (Å²) in [6, 6.07) is 4.10. The Morgan fingerprint density at radius 1 is 1.29 bits per heavy atom. The lowest BCUT2D eigenvalue weighted by Crippen LogP contribution is -2.40. The van der Waals surface area contributed by atoms with Gasteiger partial charge in [0.15, 0.2) is 0 Å². The normalized spacial score (nSPS) is 23.3. The van der Waals surface area contributed by atoms with Crippen LogP contribution in [-0.4, -0.2) is 51.5 Å². The minimum Gasteiger partial charge on any atom is -0.492 e. The number of hydrogen-bond donors (Lipinski definition) is 2. The first kappa shape index (κ1) is 19.7. The summed E-state index contributed by atoms with van der Waals surface area (Å²) in [4.78, 5) is 15.4. The van der Waals surface area contributed by atoms with Crippen molar-refractivity contribution in [1.29, 1.82) is 0 Å². The largest absolute Gasteiger partial charge is 0.492 e. The number of ether oxygens (including phenoxy) is 1. The third-order valence-electron chi connectivity index (χ3n) is 6.31. The fourth-order valence-corrected chi connectivity index (χ4v) is 5.71. The second-order valence-corrected chi connectivity index (χ2v) is 9.34. The maximum Gasteiger partial charge on any atom is 0.255 e. The van der Waals surface area contributed by atoms with Gasteiger partial charge in [-0.2, -0.15) is 0 Å². The molecule has 1 amide bonds. The molecule has 0 bridgehead atoms. The first-order valence-corrected chi connectivity index (χ1v) is 11.8. The van der Waals surface area contributed by atoms with Crippen LogP contribution in [0.2, 0.25) is 0 Å². The summed E-state index contributed by atoms with van der Waals surface area (Å²) in [5, 5.41) is 2.60. The van der Waals surface area contributed by atoms with E-state index in [4.69, 9.17) is 4.74 Å². The van der Waals surface area contributed by atoms with Gasteiger partial charge in [-0.25, -0.2) is 8.42 Å². The van der Waals surface area contributed by atoms with E-state index in [0.29, 0.717) is 30.5 Å². The Morgan fingerprint density at radius 2 is 2.11 bits per heavy atom. The molecule has 1 N–H and O–H groups in total. The number of rotatable bonds is 7. The van der Waals surface area contributed by atoms with Crippen LogP contribution in [0.5, 0.6) is 5.75 Å². The van der Waals surface area contributed by atoms with Crippen LogP contribution in [0.4, 0.5) is 0 Å². The fourth-order valence-electron chi connectivity index (χ4n) is 4.67. The average molecular weight is 407 g/mol. The molecule has 4 rings (SSSR count). The Labute approximate surface area is 168 Å². The van der Waals surface area contributed by atoms with Gasteiger partial charge in [0.1, 0.15) is 16.5 Å². The molecule has 154 valence electrons. The van der Waals surface area contributed by atoms with Crippen LogP contribution < -0.4 is 10.1 Å². The van der Waals surface area contributed by atoms with Crippen molar-refractivity contribution in [3.8, 4) is 5.75 Å². The molecule has 7 heteroatoms. The number of carbonyl (C=O) groups is 1. The summed E-state index contributed by atoms with van der Waals surface area (Å²) in [5.41, 5.74) is 2.22. The number of hydrogen-bond acceptors (Lipinski definition) is 5. The number of nitrogens with one attached hydrogen (secondary N) is 1. The summed E-state index contributed by atoms with van der Waals surface area (Å²) in [6.07, 6.45) is 5.87. The maximum absolute atomic E-state index is 13.0. The Morgan fingerprint density at radius 3 is 2.82 bits per heavy atom. The Balaban J connectivity index is 1.59. The van der Waals surface area contributed by atoms with Crippen molar-refractivity contribution in [3.05, 3.63) is 28.8 Å². The number of carbonyl (C=O) groups excluding carboxylic acids is 1. The van der Waals surface area contributed by atoms with Crippen LogP contribution >= 0.6 is 0 Å². The molecule has 28 heavy (non-hydrogen) atoms. The van der Waals surface area contributed by atoms with Gasteiger partial charge in [-0.1, -0.05) is 13.0 Å². The van der Waals surface area contributed by atoms with Crippen molar-refractivity contribution in [2.75, 3.05) is 26.2 Å². The number of thiol groups is 1. The Bertz CT molecular complexity index is 811. The zero-order valence-corrected chi connectivity index (χ0v) is 17.4. The number of fused-ring (bicyclic) bond motifs is 1. The van der Waals surface area contributed by atoms with E-state index in [1.807, 2.05) is 6.07 Å². The van der Waals surface area contributed by atoms with Gasteiger partial charge in [-0.05, 0) is 74.7 Å². The minimum atomic E-state index is -2.56. The average Bonchev–Trinajstić information content (AvgIpc) is 3.41. The highest BCUT2D eigenvalue weighted by atomic mass is 32.2. The van der Waals surface area contributed by atoms with E-state index in [-0.39, 0.29) is 11.8 Å². The molecule has 0 spiro atoms. The third-order valence-corrected chi connectivity index (χ3v) is 7.48. The zero-order chi connectivity index (χ0) is 19.7. The smallest absolute Gasteiger partial charge is 0.255 e. The molecule has 1 saturated heterocycles. The molecule has 2 unspecified atom stereocenters. The predicted molar refractivity (Wildman–Crippen MR) is 109 cm³/mol. The molecule has 0 radical (unpaired) electrons. The molecule has 6 nitrogen and oxygen atoms in total. The van der Waals surface area contributed by atoms with E-state index in [1.54, 1.807) is 6.07 Å². The second-order valence-electron chi connectivity index (χ2n) is 8.21. The lowest BCUT2D eigenvalue weighted by molar-refractivity contribution is 0.0936. The minimum absolute atomic E-state index is 0.154. The first-order chi connectivity index (χ1) is 13.6. The van der Waals surface area contributed by atoms with Gasteiger partial charge in [0, 0.05) is 12.6 Å². The summed E-state index contributed by atoms with van der Waals surface area (Å²) in [5.74, 6) is 0.678. The summed E-state index contributed by atoms with van der Waals surface area (Å²) < 4.78 is 29.6. The molecule has 2 fully saturated rings. The number of nitrogens with zero attached hydrogens (tertiary/aromatic N) is 1. The predicted octanol–water partition coefficient (Wildman–Crippen LogP) is 2.29. The molecule has 2 heterocycles. The lowest BCUT2D eigenvalue weighted by Gasteiger charge is -2.25. The van der Waals surface area contributed by atoms with Crippen molar-refractivity contribution in [2.45, 2.75) is 56.7 Å². The summed E-state index contributed by atoms with van der Waals surface area (Å²) in [6.45, 7) is 5.45.